The number of hydrogen-bond donors (Lipinski definition) is 0. The third-order valence-electron chi connectivity index (χ3n) is 7.93. The summed E-state index contributed by atoms with van der Waals surface area (Å²) in [5, 5.41) is 2.43. The lowest BCUT2D eigenvalue weighted by Crippen LogP contribution is -2.62. The summed E-state index contributed by atoms with van der Waals surface area (Å²) in [4.78, 5) is 31.0. The van der Waals surface area contributed by atoms with Crippen molar-refractivity contribution in [2.45, 2.75) is 30.6 Å². The van der Waals surface area contributed by atoms with Gasteiger partial charge in [0.05, 0.1) is 24.7 Å². The minimum atomic E-state index is -2.72. The molecule has 0 saturated carbocycles. The van der Waals surface area contributed by atoms with Gasteiger partial charge in [0.15, 0.2) is 0 Å². The molecule has 3 aliphatic heterocycles. The summed E-state index contributed by atoms with van der Waals surface area (Å²) in [7, 11) is -0.780. The molecule has 4 atom stereocenters. The van der Waals surface area contributed by atoms with Crippen LogP contribution in [0, 0.1) is 5.92 Å². The number of likely N-dealkylation sites (N-methyl/N-ethyl adjacent to an activating group) is 1. The molecule has 3 fully saturated rings. The number of piperazine rings is 1. The van der Waals surface area contributed by atoms with Gasteiger partial charge in [-0.1, -0.05) is 91.0 Å². The maximum atomic E-state index is 13.9. The highest BCUT2D eigenvalue weighted by Crippen LogP contribution is 2.43. The van der Waals surface area contributed by atoms with E-state index in [1.807, 2.05) is 54.4 Å². The number of amides is 2. The average molecular weight is 469 g/mol. The van der Waals surface area contributed by atoms with E-state index in [-0.39, 0.29) is 29.8 Å². The molecule has 3 bridgehead atoms. The summed E-state index contributed by atoms with van der Waals surface area (Å²) in [6.07, 6.45) is 0.696. The number of fused-ring (bicyclic) bond motifs is 2. The molecular formula is C28H28N2O3Si. The van der Waals surface area contributed by atoms with E-state index in [2.05, 4.69) is 48.5 Å². The Morgan fingerprint density at radius 3 is 1.91 bits per heavy atom. The Balaban J connectivity index is 1.56. The van der Waals surface area contributed by atoms with Crippen LogP contribution in [-0.4, -0.2) is 55.7 Å². The molecule has 0 N–H and O–H groups in total. The van der Waals surface area contributed by atoms with Crippen LogP contribution in [-0.2, 0) is 14.0 Å². The van der Waals surface area contributed by atoms with Crippen LogP contribution in [0.3, 0.4) is 0 Å². The molecule has 2 amide bonds. The van der Waals surface area contributed by atoms with Crippen LogP contribution < -0.4 is 10.4 Å². The van der Waals surface area contributed by atoms with Crippen LogP contribution in [0.15, 0.2) is 91.0 Å². The van der Waals surface area contributed by atoms with Crippen molar-refractivity contribution in [3.05, 3.63) is 96.6 Å². The third-order valence-corrected chi connectivity index (χ3v) is 12.2. The molecular weight excluding hydrogens is 440 g/mol. The Hall–Kier alpha value is -3.06. The molecule has 3 aromatic rings. The minimum absolute atomic E-state index is 0.0676. The number of carbonyl (C=O) groups is 2. The summed E-state index contributed by atoms with van der Waals surface area (Å²) in [5.74, 6) is -0.0926. The number of carbonyl (C=O) groups excluding carboxylic acids is 2. The van der Waals surface area contributed by atoms with Gasteiger partial charge in [0, 0.05) is 0 Å². The average Bonchev–Trinajstić information content (AvgIpc) is 3.17. The first-order chi connectivity index (χ1) is 16.6. The van der Waals surface area contributed by atoms with Crippen molar-refractivity contribution in [3.8, 4) is 0 Å². The predicted octanol–water partition coefficient (Wildman–Crippen LogP) is 2.58. The lowest BCUT2D eigenvalue weighted by atomic mass is 10.0. The summed E-state index contributed by atoms with van der Waals surface area (Å²) in [5.41, 5.74) is 0.940. The molecule has 0 radical (unpaired) electrons. The number of rotatable bonds is 3. The Kier molecular flexibility index (Phi) is 5.24. The predicted molar refractivity (Wildman–Crippen MR) is 133 cm³/mol. The van der Waals surface area contributed by atoms with Gasteiger partial charge in [0.1, 0.15) is 0 Å². The molecule has 6 heteroatoms. The largest absolute Gasteiger partial charge is 0.405 e. The smallest absolute Gasteiger partial charge is 0.256 e. The zero-order valence-corrected chi connectivity index (χ0v) is 20.2. The van der Waals surface area contributed by atoms with Gasteiger partial charge in [-0.05, 0) is 41.4 Å². The monoisotopic (exact) mass is 468 g/mol. The normalized spacial score (nSPS) is 28.4. The molecule has 0 aliphatic carbocycles. The molecule has 3 heterocycles. The van der Waals surface area contributed by atoms with Gasteiger partial charge in [-0.25, -0.2) is 0 Å². The second-order valence-corrected chi connectivity index (χ2v) is 13.2. The van der Waals surface area contributed by atoms with Crippen molar-refractivity contribution in [1.29, 1.82) is 0 Å². The van der Waals surface area contributed by atoms with Gasteiger partial charge in [-0.15, -0.1) is 0 Å². The Morgan fingerprint density at radius 1 is 0.765 bits per heavy atom. The maximum Gasteiger partial charge on any atom is 0.256 e. The van der Waals surface area contributed by atoms with E-state index in [0.29, 0.717) is 13.0 Å². The van der Waals surface area contributed by atoms with E-state index in [1.165, 1.54) is 15.3 Å². The van der Waals surface area contributed by atoms with Gasteiger partial charge in [-0.2, -0.15) is 0 Å². The van der Waals surface area contributed by atoms with Gasteiger partial charge < -0.3 is 4.43 Å². The summed E-state index contributed by atoms with van der Waals surface area (Å²) >= 11 is 0. The lowest BCUT2D eigenvalue weighted by molar-refractivity contribution is -0.160. The van der Waals surface area contributed by atoms with Crippen molar-refractivity contribution < 1.29 is 14.0 Å². The molecule has 0 spiro atoms. The fourth-order valence-corrected chi connectivity index (χ4v) is 10.6. The van der Waals surface area contributed by atoms with Crippen molar-refractivity contribution in [2.24, 2.45) is 5.92 Å². The zero-order valence-electron chi connectivity index (χ0n) is 19.2. The number of imide groups is 1. The maximum absolute atomic E-state index is 13.9. The van der Waals surface area contributed by atoms with E-state index >= 15 is 0 Å². The molecule has 6 rings (SSSR count). The highest BCUT2D eigenvalue weighted by Gasteiger charge is 2.59. The Morgan fingerprint density at radius 2 is 1.32 bits per heavy atom. The number of nitrogens with zero attached hydrogens (tertiary/aromatic N) is 2. The fraction of sp³-hybridized carbons (Fsp3) is 0.286. The quantitative estimate of drug-likeness (QED) is 0.438. The standard InChI is InChI=1S/C28H28N2O3Si/c1-29-24-17-21-19-34(22-13-7-3-8-14-22,23-15-9-4-10-16-23)33-18-25(20-11-5-2-6-12-20)30(27(24)31)28(32)26(21)29/h2-16,21,24-26H,17-19H2,1H3/t21-,24-,25+,26+/m1/s1. The Labute approximate surface area is 201 Å². The van der Waals surface area contributed by atoms with Crippen LogP contribution in [0.2, 0.25) is 6.04 Å². The first-order valence-corrected chi connectivity index (χ1v) is 14.1. The highest BCUT2D eigenvalue weighted by molar-refractivity contribution is 6.97. The van der Waals surface area contributed by atoms with Crippen molar-refractivity contribution in [2.75, 3.05) is 13.7 Å². The van der Waals surface area contributed by atoms with Crippen LogP contribution >= 0.6 is 0 Å². The van der Waals surface area contributed by atoms with E-state index < -0.39 is 14.4 Å². The first-order valence-electron chi connectivity index (χ1n) is 12.0. The van der Waals surface area contributed by atoms with Crippen molar-refractivity contribution in [1.82, 2.24) is 9.80 Å². The molecule has 3 aromatic carbocycles. The molecule has 0 aromatic heterocycles. The summed E-state index contributed by atoms with van der Waals surface area (Å²) < 4.78 is 7.10. The van der Waals surface area contributed by atoms with Gasteiger partial charge in [0.25, 0.3) is 8.32 Å². The number of benzene rings is 3. The van der Waals surface area contributed by atoms with Crippen molar-refractivity contribution in [3.63, 3.8) is 0 Å². The topological polar surface area (TPSA) is 49.9 Å². The molecule has 34 heavy (non-hydrogen) atoms. The fourth-order valence-electron chi connectivity index (χ4n) is 6.30. The van der Waals surface area contributed by atoms with Crippen LogP contribution in [0.1, 0.15) is 18.0 Å². The molecule has 0 unspecified atom stereocenters. The highest BCUT2D eigenvalue weighted by atomic mass is 28.4. The lowest BCUT2D eigenvalue weighted by Gasteiger charge is -2.41. The van der Waals surface area contributed by atoms with Crippen LogP contribution in [0.4, 0.5) is 0 Å². The molecule has 172 valence electrons. The molecule has 3 saturated heterocycles. The third kappa shape index (κ3) is 3.21. The van der Waals surface area contributed by atoms with E-state index in [4.69, 9.17) is 4.43 Å². The van der Waals surface area contributed by atoms with Crippen LogP contribution in [0.5, 0.6) is 0 Å². The summed E-state index contributed by atoms with van der Waals surface area (Å²) in [6, 6.07) is 30.8. The molecule has 5 nitrogen and oxygen atoms in total. The second kappa shape index (κ2) is 8.31. The van der Waals surface area contributed by atoms with E-state index in [1.54, 1.807) is 0 Å². The Bertz CT molecular complexity index is 1160. The summed E-state index contributed by atoms with van der Waals surface area (Å²) in [6.45, 7) is 0.299. The van der Waals surface area contributed by atoms with Gasteiger partial charge in [-0.3, -0.25) is 19.4 Å². The SMILES string of the molecule is CN1[C@@H]2C[C@@H]3C[Si](c4ccccc4)(c4ccccc4)OC[C@@H](c4ccccc4)N(C2=O)C(=O)[C@H]31. The first kappa shape index (κ1) is 21.5. The van der Waals surface area contributed by atoms with Crippen LogP contribution in [0.25, 0.3) is 0 Å². The molecule has 3 aliphatic rings. The second-order valence-electron chi connectivity index (χ2n) is 9.67. The number of hydrogen-bond acceptors (Lipinski definition) is 4. The van der Waals surface area contributed by atoms with E-state index in [9.17, 15) is 9.59 Å². The van der Waals surface area contributed by atoms with Gasteiger partial charge >= 0.3 is 0 Å². The van der Waals surface area contributed by atoms with E-state index in [0.717, 1.165) is 11.6 Å². The van der Waals surface area contributed by atoms with Crippen molar-refractivity contribution >= 4 is 30.5 Å². The zero-order chi connectivity index (χ0) is 23.3. The van der Waals surface area contributed by atoms with Gasteiger partial charge in [0.2, 0.25) is 11.8 Å². The minimum Gasteiger partial charge on any atom is -0.405 e.